The second-order valence-electron chi connectivity index (χ2n) is 16.2. The van der Waals surface area contributed by atoms with E-state index in [1.54, 1.807) is 6.92 Å². The molecule has 5 nitrogen and oxygen atoms in total. The van der Waals surface area contributed by atoms with Gasteiger partial charge in [0.2, 0.25) is 0 Å². The monoisotopic (exact) mass is 580 g/mol. The first kappa shape index (κ1) is 31.0. The van der Waals surface area contributed by atoms with E-state index < -0.39 is 17.6 Å². The van der Waals surface area contributed by atoms with Gasteiger partial charge in [0.05, 0.1) is 6.61 Å². The van der Waals surface area contributed by atoms with Crippen molar-refractivity contribution in [1.82, 2.24) is 5.06 Å². The summed E-state index contributed by atoms with van der Waals surface area (Å²) in [6.45, 7) is 16.6. The highest BCUT2D eigenvalue weighted by Crippen LogP contribution is 2.75. The quantitative estimate of drug-likeness (QED) is 0.276. The number of fused-ring (bicyclic) bond motifs is 7. The molecule has 232 valence electrons. The molecule has 9 atom stereocenters. The lowest BCUT2D eigenvalue weighted by Crippen LogP contribution is -2.67. The zero-order valence-corrected chi connectivity index (χ0v) is 26.3. The number of nitrogens with zero attached hydrogens (tertiary/aromatic N) is 1. The molecule has 41 heavy (non-hydrogen) atoms. The SMILES string of the molecule is CCON(C(=O)[C@@]1(C)CC[C@]2(C)CC[C@]3(C)C(=CC(=O)[C@@H]4[C@@]5(C)CC[C@H](N)C(C)(C)C5CC[C@]43C)[C@@H]2C1)C(F)(F)F. The third kappa shape index (κ3) is 4.15. The van der Waals surface area contributed by atoms with Crippen molar-refractivity contribution < 1.29 is 27.6 Å². The molecule has 1 unspecified atom stereocenters. The van der Waals surface area contributed by atoms with Crippen molar-refractivity contribution in [1.29, 1.82) is 0 Å². The van der Waals surface area contributed by atoms with Crippen LogP contribution in [0.4, 0.5) is 13.2 Å². The van der Waals surface area contributed by atoms with Crippen molar-refractivity contribution >= 4 is 11.7 Å². The number of ketones is 1. The van der Waals surface area contributed by atoms with Gasteiger partial charge in [-0.1, -0.05) is 54.0 Å². The van der Waals surface area contributed by atoms with Gasteiger partial charge in [0, 0.05) is 17.4 Å². The normalized spacial score (nSPS) is 47.3. The number of halogens is 3. The van der Waals surface area contributed by atoms with Crippen molar-refractivity contribution in [2.45, 2.75) is 126 Å². The van der Waals surface area contributed by atoms with Crippen molar-refractivity contribution in [2.75, 3.05) is 6.61 Å². The molecule has 0 aliphatic heterocycles. The summed E-state index contributed by atoms with van der Waals surface area (Å²) < 4.78 is 41.6. The van der Waals surface area contributed by atoms with Gasteiger partial charge in [-0.2, -0.15) is 0 Å². The number of carbonyl (C=O) groups is 2. The van der Waals surface area contributed by atoms with Gasteiger partial charge in [-0.05, 0) is 110 Å². The predicted molar refractivity (Wildman–Crippen MR) is 152 cm³/mol. The van der Waals surface area contributed by atoms with Gasteiger partial charge in [-0.15, -0.1) is 18.2 Å². The van der Waals surface area contributed by atoms with E-state index in [1.807, 2.05) is 6.08 Å². The molecule has 8 heteroatoms. The Bertz CT molecular complexity index is 1150. The summed E-state index contributed by atoms with van der Waals surface area (Å²) in [6, 6.07) is 0.117. The number of alkyl halides is 3. The molecule has 1 amide bonds. The molecule has 0 radical (unpaired) electrons. The molecule has 4 saturated carbocycles. The smallest absolute Gasteiger partial charge is 0.327 e. The first-order valence-electron chi connectivity index (χ1n) is 15.8. The molecule has 0 bridgehead atoms. The molecule has 0 aromatic heterocycles. The molecule has 0 aromatic rings. The van der Waals surface area contributed by atoms with Crippen LogP contribution in [0.25, 0.3) is 0 Å². The highest BCUT2D eigenvalue weighted by atomic mass is 19.4. The van der Waals surface area contributed by atoms with Gasteiger partial charge in [-0.3, -0.25) is 14.4 Å². The third-order valence-corrected chi connectivity index (χ3v) is 13.9. The topological polar surface area (TPSA) is 72.6 Å². The summed E-state index contributed by atoms with van der Waals surface area (Å²) in [5.74, 6) is -0.747. The zero-order chi connectivity index (χ0) is 30.6. The van der Waals surface area contributed by atoms with E-state index in [0.29, 0.717) is 25.2 Å². The minimum atomic E-state index is -4.91. The van der Waals surface area contributed by atoms with Crippen LogP contribution in [0.3, 0.4) is 0 Å². The summed E-state index contributed by atoms with van der Waals surface area (Å²) in [4.78, 5) is 32.8. The van der Waals surface area contributed by atoms with E-state index >= 15 is 0 Å². The van der Waals surface area contributed by atoms with Crippen molar-refractivity contribution in [3.05, 3.63) is 11.6 Å². The first-order valence-corrected chi connectivity index (χ1v) is 15.8. The van der Waals surface area contributed by atoms with Crippen LogP contribution in [0, 0.1) is 50.2 Å². The van der Waals surface area contributed by atoms with Gasteiger partial charge in [0.15, 0.2) is 5.78 Å². The highest BCUT2D eigenvalue weighted by Gasteiger charge is 2.70. The summed E-state index contributed by atoms with van der Waals surface area (Å²) in [5, 5.41) is -0.354. The molecule has 2 N–H and O–H groups in total. The van der Waals surface area contributed by atoms with Gasteiger partial charge in [-0.25, -0.2) is 0 Å². The van der Waals surface area contributed by atoms with Crippen molar-refractivity contribution in [3.8, 4) is 0 Å². The molecule has 5 aliphatic carbocycles. The van der Waals surface area contributed by atoms with Gasteiger partial charge in [0.25, 0.3) is 5.91 Å². The second kappa shape index (κ2) is 9.30. The van der Waals surface area contributed by atoms with Gasteiger partial charge < -0.3 is 5.73 Å². The van der Waals surface area contributed by atoms with Crippen LogP contribution in [0.5, 0.6) is 0 Å². The Morgan fingerprint density at radius 3 is 2.24 bits per heavy atom. The first-order chi connectivity index (χ1) is 18.7. The van der Waals surface area contributed by atoms with Crippen LogP contribution >= 0.6 is 0 Å². The van der Waals surface area contributed by atoms with E-state index in [-0.39, 0.29) is 62.4 Å². The lowest BCUT2D eigenvalue weighted by molar-refractivity contribution is -0.354. The predicted octanol–water partition coefficient (Wildman–Crippen LogP) is 7.59. The molecule has 5 rings (SSSR count). The summed E-state index contributed by atoms with van der Waals surface area (Å²) in [5.41, 5.74) is 5.59. The fraction of sp³-hybridized carbons (Fsp3) is 0.879. The Morgan fingerprint density at radius 2 is 1.63 bits per heavy atom. The van der Waals surface area contributed by atoms with E-state index in [4.69, 9.17) is 10.6 Å². The van der Waals surface area contributed by atoms with Crippen LogP contribution < -0.4 is 5.73 Å². The maximum atomic E-state index is 14.4. The Balaban J connectivity index is 1.56. The lowest BCUT2D eigenvalue weighted by atomic mass is 9.33. The number of hydrogen-bond acceptors (Lipinski definition) is 4. The highest BCUT2D eigenvalue weighted by molar-refractivity contribution is 5.95. The number of carbonyl (C=O) groups excluding carboxylic acids is 2. The Hall–Kier alpha value is -1.41. The van der Waals surface area contributed by atoms with Gasteiger partial charge in [0.1, 0.15) is 0 Å². The van der Waals surface area contributed by atoms with E-state index in [2.05, 4.69) is 41.5 Å². The van der Waals surface area contributed by atoms with E-state index in [9.17, 15) is 22.8 Å². The fourth-order valence-electron chi connectivity index (χ4n) is 11.0. The number of hydrogen-bond donors (Lipinski definition) is 1. The van der Waals surface area contributed by atoms with Gasteiger partial charge >= 0.3 is 6.30 Å². The average molecular weight is 581 g/mol. The largest absolute Gasteiger partial charge is 0.511 e. The molecule has 0 heterocycles. The molecular weight excluding hydrogens is 529 g/mol. The minimum Gasteiger partial charge on any atom is -0.327 e. The number of hydroxylamine groups is 2. The Kier molecular flexibility index (Phi) is 7.03. The molecule has 5 aliphatic rings. The third-order valence-electron chi connectivity index (χ3n) is 13.9. The van der Waals surface area contributed by atoms with E-state index in [0.717, 1.165) is 44.1 Å². The van der Waals surface area contributed by atoms with Crippen LogP contribution in [0.1, 0.15) is 113 Å². The number of allylic oxidation sites excluding steroid dienone is 2. The summed E-state index contributed by atoms with van der Waals surface area (Å²) in [7, 11) is 0. The molecule has 0 aromatic carbocycles. The Morgan fingerprint density at radius 1 is 1.00 bits per heavy atom. The second-order valence-corrected chi connectivity index (χ2v) is 16.2. The molecule has 0 spiro atoms. The van der Waals surface area contributed by atoms with Crippen molar-refractivity contribution in [2.24, 2.45) is 56.0 Å². The lowest BCUT2D eigenvalue weighted by Gasteiger charge is -2.70. The van der Waals surface area contributed by atoms with Crippen molar-refractivity contribution in [3.63, 3.8) is 0 Å². The molecule has 4 fully saturated rings. The Labute approximate surface area is 244 Å². The number of nitrogens with two attached hydrogens (primary N) is 1. The standard InChI is InChI=1S/C33H51F3N2O3/c1-9-41-38(33(34,35)36)26(40)29(5)15-14-28(4)16-17-31(7)20(21(28)19-29)18-22(39)25-30(6)12-11-24(37)27(2,3)23(30)10-13-32(25,31)8/h18,21,23-25H,9-17,19,37H2,1-8H3/t21-,23?,24-,25+,28+,29-,30-,31+,32+/m0/s1. The van der Waals surface area contributed by atoms with Crippen LogP contribution in [-0.4, -0.2) is 35.7 Å². The fourth-order valence-corrected chi connectivity index (χ4v) is 11.0. The molecular formula is C33H51F3N2O3. The zero-order valence-electron chi connectivity index (χ0n) is 26.3. The minimum absolute atomic E-state index is 0.0545. The summed E-state index contributed by atoms with van der Waals surface area (Å²) in [6.07, 6.45) is 3.98. The van der Waals surface area contributed by atoms with Crippen LogP contribution in [0.2, 0.25) is 0 Å². The number of amides is 1. The molecule has 0 saturated heterocycles. The number of rotatable bonds is 3. The average Bonchev–Trinajstić information content (AvgIpc) is 2.86. The summed E-state index contributed by atoms with van der Waals surface area (Å²) >= 11 is 0. The van der Waals surface area contributed by atoms with Crippen LogP contribution in [-0.2, 0) is 14.4 Å². The van der Waals surface area contributed by atoms with E-state index in [1.165, 1.54) is 6.92 Å². The van der Waals surface area contributed by atoms with Crippen LogP contribution in [0.15, 0.2) is 11.6 Å². The maximum Gasteiger partial charge on any atom is 0.511 e. The maximum absolute atomic E-state index is 14.4.